The molecule has 0 unspecified atom stereocenters. The summed E-state index contributed by atoms with van der Waals surface area (Å²) in [6.45, 7) is 15.3. The SMILES string of the molecule is Cc1ccc2c(c1)N(c1c(C)cc(C(C)(C)C)cc1C)c1ccc(C)nc1O2. The number of nitrogens with zero attached hydrogens (tertiary/aromatic N) is 2. The smallest absolute Gasteiger partial charge is 0.244 e. The number of pyridine rings is 1. The molecule has 2 heterocycles. The van der Waals surface area contributed by atoms with Crippen LogP contribution >= 0.6 is 0 Å². The number of benzene rings is 2. The molecule has 0 radical (unpaired) electrons. The minimum absolute atomic E-state index is 0.115. The van der Waals surface area contributed by atoms with E-state index in [9.17, 15) is 0 Å². The average molecular weight is 373 g/mol. The first-order valence-electron chi connectivity index (χ1n) is 9.83. The van der Waals surface area contributed by atoms with Gasteiger partial charge < -0.3 is 9.64 Å². The quantitative estimate of drug-likeness (QED) is 0.353. The van der Waals surface area contributed by atoms with Crippen LogP contribution in [0.15, 0.2) is 42.5 Å². The highest BCUT2D eigenvalue weighted by Gasteiger charge is 2.29. The van der Waals surface area contributed by atoms with Crippen LogP contribution in [0.1, 0.15) is 48.7 Å². The summed E-state index contributed by atoms with van der Waals surface area (Å²) in [6.07, 6.45) is 0. The number of rotatable bonds is 1. The van der Waals surface area contributed by atoms with E-state index in [0.717, 1.165) is 22.8 Å². The lowest BCUT2D eigenvalue weighted by Crippen LogP contribution is -2.20. The fourth-order valence-corrected chi connectivity index (χ4v) is 3.88. The van der Waals surface area contributed by atoms with Gasteiger partial charge in [0.25, 0.3) is 0 Å². The molecule has 0 amide bonds. The number of ether oxygens (including phenoxy) is 1. The Morgan fingerprint density at radius 1 is 0.821 bits per heavy atom. The lowest BCUT2D eigenvalue weighted by molar-refractivity contribution is 0.456. The molecule has 0 saturated heterocycles. The van der Waals surface area contributed by atoms with Crippen molar-refractivity contribution in [3.05, 3.63) is 70.4 Å². The molecule has 3 aromatic rings. The van der Waals surface area contributed by atoms with E-state index in [1.54, 1.807) is 0 Å². The highest BCUT2D eigenvalue weighted by atomic mass is 16.5. The van der Waals surface area contributed by atoms with Crippen molar-refractivity contribution in [1.29, 1.82) is 0 Å². The predicted octanol–water partition coefficient (Wildman–Crippen LogP) is 7.19. The van der Waals surface area contributed by atoms with Crippen LogP contribution in [0, 0.1) is 27.7 Å². The Morgan fingerprint density at radius 3 is 2.14 bits per heavy atom. The molecule has 1 aromatic heterocycles. The molecule has 0 N–H and O–H groups in total. The van der Waals surface area contributed by atoms with E-state index in [-0.39, 0.29) is 5.41 Å². The zero-order valence-corrected chi connectivity index (χ0v) is 17.8. The molecule has 0 fully saturated rings. The summed E-state index contributed by atoms with van der Waals surface area (Å²) in [5, 5.41) is 0. The first-order valence-corrected chi connectivity index (χ1v) is 9.83. The van der Waals surface area contributed by atoms with Crippen molar-refractivity contribution < 1.29 is 4.74 Å². The van der Waals surface area contributed by atoms with Crippen LogP contribution in [0.5, 0.6) is 11.6 Å². The molecule has 0 saturated carbocycles. The maximum atomic E-state index is 6.17. The van der Waals surface area contributed by atoms with Crippen LogP contribution in [0.25, 0.3) is 0 Å². The lowest BCUT2D eigenvalue weighted by Gasteiger charge is -2.35. The molecular weight excluding hydrogens is 344 g/mol. The zero-order valence-electron chi connectivity index (χ0n) is 17.8. The second-order valence-corrected chi connectivity index (χ2v) is 8.89. The average Bonchev–Trinajstić information content (AvgIpc) is 2.60. The molecule has 0 atom stereocenters. The van der Waals surface area contributed by atoms with Crippen LogP contribution < -0.4 is 9.64 Å². The number of hydrogen-bond donors (Lipinski definition) is 0. The van der Waals surface area contributed by atoms with Crippen molar-refractivity contribution in [2.75, 3.05) is 4.90 Å². The molecular formula is C25H28N2O. The molecule has 0 aliphatic carbocycles. The standard InChI is InChI=1S/C25H28N2O/c1-15-8-11-22-21(12-15)27(20-10-9-18(4)26-24(20)28-22)23-16(2)13-19(14-17(23)3)25(5,6)7/h8-14H,1-7H3. The number of hydrogen-bond acceptors (Lipinski definition) is 3. The maximum absolute atomic E-state index is 6.17. The number of anilines is 3. The number of aryl methyl sites for hydroxylation is 4. The van der Waals surface area contributed by atoms with Gasteiger partial charge in [-0.2, -0.15) is 0 Å². The maximum Gasteiger partial charge on any atom is 0.244 e. The summed E-state index contributed by atoms with van der Waals surface area (Å²) in [6, 6.07) is 15.1. The molecule has 0 bridgehead atoms. The van der Waals surface area contributed by atoms with Crippen LogP contribution in [0.4, 0.5) is 17.1 Å². The Bertz CT molecular complexity index is 1050. The van der Waals surface area contributed by atoms with Gasteiger partial charge in [-0.05, 0) is 79.6 Å². The van der Waals surface area contributed by atoms with Crippen LogP contribution in [0.2, 0.25) is 0 Å². The van der Waals surface area contributed by atoms with E-state index >= 15 is 0 Å². The van der Waals surface area contributed by atoms with Crippen molar-refractivity contribution in [2.24, 2.45) is 0 Å². The van der Waals surface area contributed by atoms with Crippen molar-refractivity contribution in [1.82, 2.24) is 4.98 Å². The molecule has 2 aromatic carbocycles. The van der Waals surface area contributed by atoms with Crippen LogP contribution in [0.3, 0.4) is 0 Å². The Labute approximate surface area is 168 Å². The monoisotopic (exact) mass is 372 g/mol. The van der Waals surface area contributed by atoms with Gasteiger partial charge in [0.2, 0.25) is 5.88 Å². The lowest BCUT2D eigenvalue weighted by atomic mass is 9.84. The van der Waals surface area contributed by atoms with Gasteiger partial charge in [0.05, 0.1) is 11.4 Å². The second kappa shape index (κ2) is 6.37. The van der Waals surface area contributed by atoms with Gasteiger partial charge >= 0.3 is 0 Å². The van der Waals surface area contributed by atoms with Crippen molar-refractivity contribution >= 4 is 17.1 Å². The number of aromatic nitrogens is 1. The minimum atomic E-state index is 0.115. The molecule has 1 aliphatic heterocycles. The summed E-state index contributed by atoms with van der Waals surface area (Å²) in [5.41, 5.74) is 9.39. The highest BCUT2D eigenvalue weighted by Crippen LogP contribution is 2.51. The third-order valence-electron chi connectivity index (χ3n) is 5.36. The molecule has 4 rings (SSSR count). The largest absolute Gasteiger partial charge is 0.435 e. The highest BCUT2D eigenvalue weighted by molar-refractivity contribution is 5.88. The van der Waals surface area contributed by atoms with Gasteiger partial charge in [-0.1, -0.05) is 39.0 Å². The summed E-state index contributed by atoms with van der Waals surface area (Å²) >= 11 is 0. The van der Waals surface area contributed by atoms with E-state index in [1.165, 1.54) is 27.9 Å². The topological polar surface area (TPSA) is 25.4 Å². The predicted molar refractivity (Wildman–Crippen MR) is 117 cm³/mol. The van der Waals surface area contributed by atoms with Gasteiger partial charge in [0.15, 0.2) is 5.75 Å². The molecule has 144 valence electrons. The van der Waals surface area contributed by atoms with Crippen molar-refractivity contribution in [3.8, 4) is 11.6 Å². The normalized spacial score (nSPS) is 13.0. The first-order chi connectivity index (χ1) is 13.1. The Morgan fingerprint density at radius 2 is 1.50 bits per heavy atom. The minimum Gasteiger partial charge on any atom is -0.435 e. The molecule has 28 heavy (non-hydrogen) atoms. The first kappa shape index (κ1) is 18.5. The fraction of sp³-hybridized carbons (Fsp3) is 0.320. The van der Waals surface area contributed by atoms with E-state index in [4.69, 9.17) is 4.74 Å². The Balaban J connectivity index is 1.99. The Hall–Kier alpha value is -2.81. The van der Waals surface area contributed by atoms with Gasteiger partial charge in [0.1, 0.15) is 5.69 Å². The third-order valence-corrected chi connectivity index (χ3v) is 5.36. The third kappa shape index (κ3) is 3.05. The van der Waals surface area contributed by atoms with Gasteiger partial charge in [0, 0.05) is 5.69 Å². The van der Waals surface area contributed by atoms with Gasteiger partial charge in [-0.15, -0.1) is 0 Å². The van der Waals surface area contributed by atoms with Crippen LogP contribution in [-0.2, 0) is 5.41 Å². The molecule has 0 spiro atoms. The van der Waals surface area contributed by atoms with Gasteiger partial charge in [-0.3, -0.25) is 0 Å². The summed E-state index contributed by atoms with van der Waals surface area (Å²) in [7, 11) is 0. The van der Waals surface area contributed by atoms with Crippen molar-refractivity contribution in [2.45, 2.75) is 53.9 Å². The molecule has 1 aliphatic rings. The summed E-state index contributed by atoms with van der Waals surface area (Å²) < 4.78 is 6.17. The molecule has 3 heteroatoms. The van der Waals surface area contributed by atoms with E-state index in [0.29, 0.717) is 5.88 Å². The van der Waals surface area contributed by atoms with Crippen molar-refractivity contribution in [3.63, 3.8) is 0 Å². The fourth-order valence-electron chi connectivity index (χ4n) is 3.88. The van der Waals surface area contributed by atoms with E-state index in [2.05, 4.69) is 81.8 Å². The summed E-state index contributed by atoms with van der Waals surface area (Å²) in [5.74, 6) is 1.50. The second-order valence-electron chi connectivity index (χ2n) is 8.89. The van der Waals surface area contributed by atoms with E-state index in [1.807, 2.05) is 19.1 Å². The number of fused-ring (bicyclic) bond motifs is 2. The van der Waals surface area contributed by atoms with Crippen LogP contribution in [-0.4, -0.2) is 4.98 Å². The van der Waals surface area contributed by atoms with Gasteiger partial charge in [-0.25, -0.2) is 4.98 Å². The zero-order chi connectivity index (χ0) is 20.2. The summed E-state index contributed by atoms with van der Waals surface area (Å²) in [4.78, 5) is 6.97. The van der Waals surface area contributed by atoms with E-state index < -0.39 is 0 Å². The molecule has 3 nitrogen and oxygen atoms in total. The Kier molecular flexibility index (Phi) is 4.22.